The summed E-state index contributed by atoms with van der Waals surface area (Å²) in [6.45, 7) is 4.26. The Morgan fingerprint density at radius 2 is 1.42 bits per heavy atom. The second kappa shape index (κ2) is 14.9. The molecule has 0 N–H and O–H groups in total. The Kier molecular flexibility index (Phi) is 11.0. The van der Waals surface area contributed by atoms with Gasteiger partial charge in [0, 0.05) is 45.2 Å². The van der Waals surface area contributed by atoms with E-state index < -0.39 is 61.1 Å². The highest BCUT2D eigenvalue weighted by Crippen LogP contribution is 2.35. The molecule has 238 valence electrons. The normalized spacial score (nSPS) is 20.9. The fourth-order valence-electron chi connectivity index (χ4n) is 4.91. The highest BCUT2D eigenvalue weighted by molar-refractivity contribution is 7.71. The number of hydrogen-bond donors (Lipinski definition) is 0. The second-order valence-corrected chi connectivity index (χ2v) is 10.5. The van der Waals surface area contributed by atoms with Crippen LogP contribution < -0.4 is 4.74 Å². The molecular formula is C31H33N3O10S. The first-order valence-corrected chi connectivity index (χ1v) is 14.4. The topological polar surface area (TPSA) is 154 Å². The van der Waals surface area contributed by atoms with Gasteiger partial charge < -0.3 is 28.4 Å². The van der Waals surface area contributed by atoms with E-state index in [1.165, 1.54) is 11.6 Å². The van der Waals surface area contributed by atoms with Crippen LogP contribution in [0.15, 0.2) is 54.6 Å². The standard InChI is InChI=1S/C31H33N3O10S/c1-17(35)40-16-25-26(41-18(2)36)27(42-19(3)37)28(43-20(4)38)30(44-25)34-31(45)23(15-22-13-9-10-14-24(22)39-5)32-29(33-34)21-11-7-6-8-12-21/h6-14,25-28,30H,15-16H2,1-5H3/t25-,26+,27+,28+,30-/m1/s1. The Hall–Kier alpha value is -4.69. The highest BCUT2D eigenvalue weighted by atomic mass is 32.1. The second-order valence-electron chi connectivity index (χ2n) is 10.1. The van der Waals surface area contributed by atoms with E-state index in [-0.39, 0.29) is 16.9 Å². The van der Waals surface area contributed by atoms with Gasteiger partial charge in [0.25, 0.3) is 0 Å². The summed E-state index contributed by atoms with van der Waals surface area (Å²) < 4.78 is 35.3. The lowest BCUT2D eigenvalue weighted by Gasteiger charge is -2.44. The van der Waals surface area contributed by atoms with Crippen LogP contribution in [0.1, 0.15) is 45.2 Å². The van der Waals surface area contributed by atoms with Crippen LogP contribution in [-0.4, -0.2) is 76.8 Å². The van der Waals surface area contributed by atoms with Crippen molar-refractivity contribution in [1.82, 2.24) is 14.8 Å². The maximum absolute atomic E-state index is 12.4. The minimum Gasteiger partial charge on any atom is -0.496 e. The van der Waals surface area contributed by atoms with Gasteiger partial charge in [-0.05, 0) is 6.07 Å². The molecule has 0 spiro atoms. The first-order valence-electron chi connectivity index (χ1n) is 14.0. The van der Waals surface area contributed by atoms with Gasteiger partial charge in [-0.15, -0.1) is 5.10 Å². The molecule has 3 aromatic rings. The van der Waals surface area contributed by atoms with E-state index in [4.69, 9.17) is 50.7 Å². The minimum atomic E-state index is -1.41. The van der Waals surface area contributed by atoms with E-state index in [0.29, 0.717) is 17.0 Å². The summed E-state index contributed by atoms with van der Waals surface area (Å²) in [5.41, 5.74) is 1.85. The molecule has 1 saturated heterocycles. The van der Waals surface area contributed by atoms with Crippen LogP contribution in [0.25, 0.3) is 11.4 Å². The van der Waals surface area contributed by atoms with Gasteiger partial charge in [0.15, 0.2) is 30.4 Å². The lowest BCUT2D eigenvalue weighted by atomic mass is 9.97. The summed E-state index contributed by atoms with van der Waals surface area (Å²) in [6.07, 6.45) is -6.44. The molecule has 45 heavy (non-hydrogen) atoms. The van der Waals surface area contributed by atoms with Crippen LogP contribution in [0, 0.1) is 4.64 Å². The van der Waals surface area contributed by atoms with Crippen molar-refractivity contribution in [1.29, 1.82) is 0 Å². The van der Waals surface area contributed by atoms with Gasteiger partial charge in [-0.3, -0.25) is 19.2 Å². The molecule has 0 amide bonds. The van der Waals surface area contributed by atoms with Crippen molar-refractivity contribution in [3.05, 3.63) is 70.5 Å². The fraction of sp³-hybridized carbons (Fsp3) is 0.387. The summed E-state index contributed by atoms with van der Waals surface area (Å²) in [4.78, 5) is 53.4. The molecule has 2 heterocycles. The zero-order valence-electron chi connectivity index (χ0n) is 25.3. The van der Waals surface area contributed by atoms with Gasteiger partial charge >= 0.3 is 23.9 Å². The average Bonchev–Trinajstić information content (AvgIpc) is 2.99. The molecule has 0 unspecified atom stereocenters. The molecule has 1 aliphatic rings. The molecule has 0 saturated carbocycles. The number of hydrogen-bond acceptors (Lipinski definition) is 13. The predicted molar refractivity (Wildman–Crippen MR) is 159 cm³/mol. The number of methoxy groups -OCH3 is 1. The molecule has 13 nitrogen and oxygen atoms in total. The van der Waals surface area contributed by atoms with Crippen molar-refractivity contribution in [2.45, 2.75) is 64.8 Å². The molecule has 0 bridgehead atoms. The van der Waals surface area contributed by atoms with E-state index >= 15 is 0 Å². The largest absolute Gasteiger partial charge is 0.496 e. The third-order valence-corrected chi connectivity index (χ3v) is 7.11. The lowest BCUT2D eigenvalue weighted by molar-refractivity contribution is -0.270. The van der Waals surface area contributed by atoms with Crippen LogP contribution >= 0.6 is 12.2 Å². The minimum absolute atomic E-state index is 0.112. The number of benzene rings is 2. The molecular weight excluding hydrogens is 606 g/mol. The third-order valence-electron chi connectivity index (χ3n) is 6.69. The molecule has 14 heteroatoms. The molecule has 0 aliphatic carbocycles. The first kappa shape index (κ1) is 33.2. The fourth-order valence-corrected chi connectivity index (χ4v) is 5.17. The first-order chi connectivity index (χ1) is 21.5. The van der Waals surface area contributed by atoms with Crippen molar-refractivity contribution in [2.24, 2.45) is 0 Å². The van der Waals surface area contributed by atoms with Gasteiger partial charge in [0.1, 0.15) is 23.1 Å². The van der Waals surface area contributed by atoms with E-state index in [2.05, 4.69) is 0 Å². The van der Waals surface area contributed by atoms with E-state index in [1.807, 2.05) is 54.6 Å². The quantitative estimate of drug-likeness (QED) is 0.181. The van der Waals surface area contributed by atoms with Gasteiger partial charge in [-0.2, -0.15) is 0 Å². The van der Waals surface area contributed by atoms with Crippen molar-refractivity contribution < 1.29 is 47.6 Å². The van der Waals surface area contributed by atoms with Gasteiger partial charge in [0.05, 0.1) is 12.8 Å². The van der Waals surface area contributed by atoms with E-state index in [1.54, 1.807) is 7.11 Å². The molecule has 1 aliphatic heterocycles. The zero-order chi connectivity index (χ0) is 32.7. The molecule has 5 atom stereocenters. The van der Waals surface area contributed by atoms with Gasteiger partial charge in [0.2, 0.25) is 0 Å². The van der Waals surface area contributed by atoms with Crippen LogP contribution in [0.2, 0.25) is 0 Å². The Labute approximate surface area is 264 Å². The monoisotopic (exact) mass is 639 g/mol. The number of rotatable bonds is 10. The predicted octanol–water partition coefficient (Wildman–Crippen LogP) is 3.53. The van der Waals surface area contributed by atoms with Crippen LogP contribution in [0.3, 0.4) is 0 Å². The maximum Gasteiger partial charge on any atom is 0.303 e. The number of ether oxygens (including phenoxy) is 6. The summed E-state index contributed by atoms with van der Waals surface area (Å²) in [7, 11) is 1.56. The lowest BCUT2D eigenvalue weighted by Crippen LogP contribution is -2.60. The summed E-state index contributed by atoms with van der Waals surface area (Å²) in [6, 6.07) is 16.5. The SMILES string of the molecule is COc1ccccc1Cc1nc(-c2ccccc2)nn([C@@H]2O[C@H](COC(C)=O)[C@H](OC(C)=O)[C@H](OC(C)=O)[C@@H]2OC(C)=O)c1=S. The zero-order valence-corrected chi connectivity index (χ0v) is 26.1. The molecule has 0 radical (unpaired) electrons. The maximum atomic E-state index is 12.4. The Bertz CT molecular complexity index is 1610. The number of carbonyl (C=O) groups is 4. The van der Waals surface area contributed by atoms with Crippen LogP contribution in [-0.2, 0) is 49.3 Å². The smallest absolute Gasteiger partial charge is 0.303 e. The number of carbonyl (C=O) groups excluding carboxylic acids is 4. The summed E-state index contributed by atoms with van der Waals surface area (Å²) >= 11 is 5.90. The number of esters is 4. The highest BCUT2D eigenvalue weighted by Gasteiger charge is 2.53. The average molecular weight is 640 g/mol. The molecule has 2 aromatic carbocycles. The third kappa shape index (κ3) is 8.28. The van der Waals surface area contributed by atoms with Crippen molar-refractivity contribution in [2.75, 3.05) is 13.7 Å². The van der Waals surface area contributed by atoms with E-state index in [9.17, 15) is 19.2 Å². The molecule has 4 rings (SSSR count). The molecule has 1 fully saturated rings. The van der Waals surface area contributed by atoms with Crippen molar-refractivity contribution in [3.8, 4) is 17.1 Å². The van der Waals surface area contributed by atoms with Gasteiger partial charge in [-0.25, -0.2) is 9.67 Å². The number of para-hydroxylation sites is 1. The Morgan fingerprint density at radius 3 is 2.04 bits per heavy atom. The van der Waals surface area contributed by atoms with Crippen molar-refractivity contribution in [3.63, 3.8) is 0 Å². The summed E-state index contributed by atoms with van der Waals surface area (Å²) in [5.74, 6) is -1.99. The summed E-state index contributed by atoms with van der Waals surface area (Å²) in [5, 5.41) is 4.70. The Morgan fingerprint density at radius 1 is 0.822 bits per heavy atom. The van der Waals surface area contributed by atoms with Crippen LogP contribution in [0.5, 0.6) is 5.75 Å². The number of nitrogens with zero attached hydrogens (tertiary/aromatic N) is 3. The van der Waals surface area contributed by atoms with E-state index in [0.717, 1.165) is 26.3 Å². The Balaban J connectivity index is 1.94. The van der Waals surface area contributed by atoms with Crippen LogP contribution in [0.4, 0.5) is 0 Å². The number of aromatic nitrogens is 3. The molecule has 1 aromatic heterocycles. The van der Waals surface area contributed by atoms with Crippen molar-refractivity contribution >= 4 is 36.1 Å². The van der Waals surface area contributed by atoms with Gasteiger partial charge in [-0.1, -0.05) is 60.7 Å².